The minimum Gasteiger partial charge on any atom is -0.480 e. The van der Waals surface area contributed by atoms with Crippen molar-refractivity contribution in [2.24, 2.45) is 0 Å². The maximum Gasteiger partial charge on any atom is 0.260 e. The Labute approximate surface area is 131 Å². The molecule has 0 aliphatic rings. The first kappa shape index (κ1) is 14.3. The summed E-state index contributed by atoms with van der Waals surface area (Å²) in [5, 5.41) is 3.76. The molecule has 0 unspecified atom stereocenters. The molecule has 0 radical (unpaired) electrons. The zero-order valence-electron chi connectivity index (χ0n) is 11.9. The van der Waals surface area contributed by atoms with Gasteiger partial charge in [-0.1, -0.05) is 17.7 Å². The van der Waals surface area contributed by atoms with Crippen LogP contribution in [0.25, 0.3) is 11.1 Å². The third-order valence-corrected chi connectivity index (χ3v) is 3.37. The van der Waals surface area contributed by atoms with Crippen LogP contribution in [0.5, 0.6) is 5.88 Å². The lowest BCUT2D eigenvalue weighted by atomic mass is 10.1. The van der Waals surface area contributed by atoms with Crippen LogP contribution < -0.4 is 10.1 Å². The molecule has 3 aromatic rings. The third kappa shape index (κ3) is 2.48. The summed E-state index contributed by atoms with van der Waals surface area (Å²) in [7, 11) is 1.47. The number of amides is 1. The largest absolute Gasteiger partial charge is 0.480 e. The molecule has 0 fully saturated rings. The van der Waals surface area contributed by atoms with Crippen LogP contribution in [-0.4, -0.2) is 23.0 Å². The van der Waals surface area contributed by atoms with Crippen LogP contribution >= 0.6 is 11.6 Å². The van der Waals surface area contributed by atoms with E-state index in [1.54, 1.807) is 31.2 Å². The molecule has 6 nitrogen and oxygen atoms in total. The minimum atomic E-state index is -0.341. The van der Waals surface area contributed by atoms with E-state index in [0.29, 0.717) is 33.1 Å². The molecular weight excluding hydrogens is 306 g/mol. The van der Waals surface area contributed by atoms with Crippen LogP contribution in [0.1, 0.15) is 16.1 Å². The van der Waals surface area contributed by atoms with Crippen LogP contribution in [0, 0.1) is 6.92 Å². The molecule has 0 saturated heterocycles. The Morgan fingerprint density at radius 1 is 1.36 bits per heavy atom. The van der Waals surface area contributed by atoms with Gasteiger partial charge in [-0.2, -0.15) is 0 Å². The van der Waals surface area contributed by atoms with Crippen LogP contribution in [0.2, 0.25) is 5.02 Å². The van der Waals surface area contributed by atoms with Gasteiger partial charge in [0.1, 0.15) is 17.5 Å². The molecule has 0 atom stereocenters. The Morgan fingerprint density at radius 2 is 2.18 bits per heavy atom. The first-order chi connectivity index (χ1) is 10.6. The number of methoxy groups -OCH3 is 1. The topological polar surface area (TPSA) is 77.2 Å². The van der Waals surface area contributed by atoms with Gasteiger partial charge in [0.25, 0.3) is 5.91 Å². The lowest BCUT2D eigenvalue weighted by molar-refractivity contribution is 0.102. The van der Waals surface area contributed by atoms with Crippen molar-refractivity contribution >= 4 is 34.3 Å². The molecule has 0 aliphatic heterocycles. The normalized spacial score (nSPS) is 10.7. The quantitative estimate of drug-likeness (QED) is 0.800. The Hall–Kier alpha value is -2.60. The van der Waals surface area contributed by atoms with Gasteiger partial charge < -0.3 is 14.5 Å². The van der Waals surface area contributed by atoms with Gasteiger partial charge in [-0.3, -0.25) is 4.79 Å². The zero-order chi connectivity index (χ0) is 15.7. The average Bonchev–Trinajstić information content (AvgIpc) is 2.83. The second kappa shape index (κ2) is 5.65. The molecule has 0 spiro atoms. The summed E-state index contributed by atoms with van der Waals surface area (Å²) >= 11 is 5.92. The molecule has 0 saturated carbocycles. The maximum atomic E-state index is 12.6. The number of hydrogen-bond acceptors (Lipinski definition) is 5. The van der Waals surface area contributed by atoms with Gasteiger partial charge >= 0.3 is 0 Å². The monoisotopic (exact) mass is 317 g/mol. The summed E-state index contributed by atoms with van der Waals surface area (Å²) < 4.78 is 10.7. The predicted octanol–water partition coefficient (Wildman–Crippen LogP) is 3.45. The number of ether oxygens (including phenoxy) is 1. The maximum absolute atomic E-state index is 12.6. The molecule has 22 heavy (non-hydrogen) atoms. The van der Waals surface area contributed by atoms with Gasteiger partial charge in [0.2, 0.25) is 11.6 Å². The van der Waals surface area contributed by atoms with Gasteiger partial charge in [-0.15, -0.1) is 0 Å². The lowest BCUT2D eigenvalue weighted by Gasteiger charge is -2.06. The van der Waals surface area contributed by atoms with E-state index >= 15 is 0 Å². The number of carbonyl (C=O) groups is 1. The van der Waals surface area contributed by atoms with Crippen molar-refractivity contribution in [1.82, 2.24) is 9.97 Å². The van der Waals surface area contributed by atoms with Gasteiger partial charge in [0, 0.05) is 10.7 Å². The standard InChI is InChI=1S/C15H12ClN3O3/c1-8-11(12-14(21-2)17-7-18-15(12)22-8)13(20)19-10-5-3-4-9(16)6-10/h3-7H,1-2H3,(H,19,20). The Bertz CT molecular complexity index is 860. The number of anilines is 1. The van der Waals surface area contributed by atoms with Gasteiger partial charge in [-0.05, 0) is 25.1 Å². The predicted molar refractivity (Wildman–Crippen MR) is 82.5 cm³/mol. The molecule has 112 valence electrons. The molecule has 1 N–H and O–H groups in total. The number of aryl methyl sites for hydroxylation is 1. The number of nitrogens with one attached hydrogen (secondary N) is 1. The molecule has 7 heteroatoms. The number of hydrogen-bond donors (Lipinski definition) is 1. The Balaban J connectivity index is 2.05. The van der Waals surface area contributed by atoms with Crippen molar-refractivity contribution in [3.8, 4) is 5.88 Å². The second-order valence-electron chi connectivity index (χ2n) is 4.56. The van der Waals surface area contributed by atoms with E-state index in [1.807, 2.05) is 0 Å². The summed E-state index contributed by atoms with van der Waals surface area (Å²) in [6.45, 7) is 1.69. The van der Waals surface area contributed by atoms with Crippen molar-refractivity contribution in [3.63, 3.8) is 0 Å². The SMILES string of the molecule is COc1ncnc2oc(C)c(C(=O)Nc3cccc(Cl)c3)c12. The molecule has 2 heterocycles. The number of aromatic nitrogens is 2. The van der Waals surface area contributed by atoms with Crippen molar-refractivity contribution in [3.05, 3.63) is 46.9 Å². The first-order valence-electron chi connectivity index (χ1n) is 6.45. The van der Waals surface area contributed by atoms with E-state index in [-0.39, 0.29) is 11.8 Å². The number of fused-ring (bicyclic) bond motifs is 1. The van der Waals surface area contributed by atoms with E-state index < -0.39 is 0 Å². The van der Waals surface area contributed by atoms with E-state index in [1.165, 1.54) is 13.4 Å². The average molecular weight is 318 g/mol. The van der Waals surface area contributed by atoms with Crippen LogP contribution in [0.4, 0.5) is 5.69 Å². The summed E-state index contributed by atoms with van der Waals surface area (Å²) in [5.41, 5.74) is 1.23. The highest BCUT2D eigenvalue weighted by molar-refractivity contribution is 6.31. The molecule has 0 aliphatic carbocycles. The van der Waals surface area contributed by atoms with Crippen molar-refractivity contribution in [2.75, 3.05) is 12.4 Å². The number of rotatable bonds is 3. The van der Waals surface area contributed by atoms with E-state index in [9.17, 15) is 4.79 Å². The molecular formula is C15H12ClN3O3. The fraction of sp³-hybridized carbons (Fsp3) is 0.133. The lowest BCUT2D eigenvalue weighted by Crippen LogP contribution is -2.13. The van der Waals surface area contributed by atoms with Gasteiger partial charge in [-0.25, -0.2) is 9.97 Å². The van der Waals surface area contributed by atoms with Crippen LogP contribution in [-0.2, 0) is 0 Å². The number of nitrogens with zero attached hydrogens (tertiary/aromatic N) is 2. The van der Waals surface area contributed by atoms with E-state index in [2.05, 4.69) is 15.3 Å². The highest BCUT2D eigenvalue weighted by Gasteiger charge is 2.23. The number of halogens is 1. The van der Waals surface area contributed by atoms with Crippen LogP contribution in [0.3, 0.4) is 0 Å². The fourth-order valence-corrected chi connectivity index (χ4v) is 2.40. The van der Waals surface area contributed by atoms with E-state index in [0.717, 1.165) is 0 Å². The van der Waals surface area contributed by atoms with Crippen molar-refractivity contribution < 1.29 is 13.9 Å². The minimum absolute atomic E-state index is 0.290. The summed E-state index contributed by atoms with van der Waals surface area (Å²) in [5.74, 6) is 0.387. The molecule has 1 amide bonds. The molecule has 2 aromatic heterocycles. The smallest absolute Gasteiger partial charge is 0.260 e. The summed E-state index contributed by atoms with van der Waals surface area (Å²) in [6, 6.07) is 6.88. The Kier molecular flexibility index (Phi) is 3.68. The van der Waals surface area contributed by atoms with Crippen LogP contribution in [0.15, 0.2) is 35.0 Å². The van der Waals surface area contributed by atoms with Crippen molar-refractivity contribution in [2.45, 2.75) is 6.92 Å². The summed E-state index contributed by atoms with van der Waals surface area (Å²) in [6.07, 6.45) is 1.32. The Morgan fingerprint density at radius 3 is 2.91 bits per heavy atom. The fourth-order valence-electron chi connectivity index (χ4n) is 2.21. The van der Waals surface area contributed by atoms with Gasteiger partial charge in [0.15, 0.2) is 0 Å². The molecule has 3 rings (SSSR count). The molecule has 0 bridgehead atoms. The molecule has 1 aromatic carbocycles. The summed E-state index contributed by atoms with van der Waals surface area (Å²) in [4.78, 5) is 20.6. The zero-order valence-corrected chi connectivity index (χ0v) is 12.6. The van der Waals surface area contributed by atoms with Crippen molar-refractivity contribution in [1.29, 1.82) is 0 Å². The number of carbonyl (C=O) groups excluding carboxylic acids is 1. The number of furan rings is 1. The van der Waals surface area contributed by atoms with E-state index in [4.69, 9.17) is 20.8 Å². The third-order valence-electron chi connectivity index (χ3n) is 3.13. The number of benzene rings is 1. The highest BCUT2D eigenvalue weighted by atomic mass is 35.5. The first-order valence-corrected chi connectivity index (χ1v) is 6.83. The second-order valence-corrected chi connectivity index (χ2v) is 5.00. The van der Waals surface area contributed by atoms with Gasteiger partial charge in [0.05, 0.1) is 12.7 Å². The highest BCUT2D eigenvalue weighted by Crippen LogP contribution is 2.30.